The zero-order valence-electron chi connectivity index (χ0n) is 23.9. The fourth-order valence-corrected chi connectivity index (χ4v) is 6.73. The van der Waals surface area contributed by atoms with Gasteiger partial charge in [0.1, 0.15) is 5.82 Å². The van der Waals surface area contributed by atoms with Crippen LogP contribution in [0.25, 0.3) is 77.5 Å². The summed E-state index contributed by atoms with van der Waals surface area (Å²) in [7, 11) is 0. The molecule has 3 heterocycles. The van der Waals surface area contributed by atoms with Crippen molar-refractivity contribution < 1.29 is 0 Å². The van der Waals surface area contributed by atoms with E-state index in [4.69, 9.17) is 4.98 Å². The molecular formula is C41H27N3. The molecule has 0 atom stereocenters. The van der Waals surface area contributed by atoms with Crippen LogP contribution in [0, 0.1) is 0 Å². The third-order valence-electron chi connectivity index (χ3n) is 8.71. The second kappa shape index (κ2) is 9.82. The normalized spacial score (nSPS) is 11.6. The van der Waals surface area contributed by atoms with Crippen LogP contribution in [0.4, 0.5) is 0 Å². The summed E-state index contributed by atoms with van der Waals surface area (Å²) in [6.45, 7) is 0. The monoisotopic (exact) mass is 561 g/mol. The van der Waals surface area contributed by atoms with Crippen LogP contribution in [0.5, 0.6) is 0 Å². The molecule has 9 aromatic rings. The Morgan fingerprint density at radius 2 is 0.909 bits per heavy atom. The summed E-state index contributed by atoms with van der Waals surface area (Å²) < 4.78 is 4.73. The van der Waals surface area contributed by atoms with Gasteiger partial charge >= 0.3 is 0 Å². The molecule has 0 aliphatic heterocycles. The molecule has 9 rings (SSSR count). The summed E-state index contributed by atoms with van der Waals surface area (Å²) in [5.74, 6) is 0.908. The quantitative estimate of drug-likeness (QED) is 0.210. The Bertz CT molecular complexity index is 2310. The molecular weight excluding hydrogens is 534 g/mol. The number of pyridine rings is 1. The van der Waals surface area contributed by atoms with E-state index in [0.29, 0.717) is 0 Å². The summed E-state index contributed by atoms with van der Waals surface area (Å²) in [5, 5.41) is 4.93. The van der Waals surface area contributed by atoms with E-state index in [1.807, 2.05) is 6.07 Å². The molecule has 44 heavy (non-hydrogen) atoms. The van der Waals surface area contributed by atoms with Crippen LogP contribution in [-0.2, 0) is 0 Å². The third-order valence-corrected chi connectivity index (χ3v) is 8.71. The zero-order chi connectivity index (χ0) is 29.0. The number of hydrogen-bond acceptors (Lipinski definition) is 1. The van der Waals surface area contributed by atoms with Crippen molar-refractivity contribution in [3.8, 4) is 33.9 Å². The second-order valence-electron chi connectivity index (χ2n) is 11.3. The zero-order valence-corrected chi connectivity index (χ0v) is 23.9. The summed E-state index contributed by atoms with van der Waals surface area (Å²) in [4.78, 5) is 5.19. The summed E-state index contributed by atoms with van der Waals surface area (Å²) in [6, 6.07) is 58.3. The van der Waals surface area contributed by atoms with Gasteiger partial charge in [-0.3, -0.25) is 4.57 Å². The maximum absolute atomic E-state index is 5.19. The number of hydrogen-bond donors (Lipinski definition) is 0. The van der Waals surface area contributed by atoms with Gasteiger partial charge in [0, 0.05) is 32.8 Å². The maximum atomic E-state index is 5.19. The molecule has 0 fully saturated rings. The van der Waals surface area contributed by atoms with Gasteiger partial charge < -0.3 is 4.57 Å². The summed E-state index contributed by atoms with van der Waals surface area (Å²) in [5.41, 5.74) is 10.3. The SMILES string of the molecule is c1ccc(-c2cccc(-n3c4ccccc4c4cc5c6ccccc6n(-c6cccc(-c7ccccc7)n6)c5cc43)c2)cc1. The van der Waals surface area contributed by atoms with Crippen molar-refractivity contribution >= 4 is 43.6 Å². The lowest BCUT2D eigenvalue weighted by Gasteiger charge is -2.12. The molecule has 6 aromatic carbocycles. The molecule has 3 aromatic heterocycles. The van der Waals surface area contributed by atoms with Crippen LogP contribution in [0.1, 0.15) is 0 Å². The first-order valence-electron chi connectivity index (χ1n) is 15.0. The van der Waals surface area contributed by atoms with E-state index in [-0.39, 0.29) is 0 Å². The van der Waals surface area contributed by atoms with Gasteiger partial charge in [-0.1, -0.05) is 115 Å². The van der Waals surface area contributed by atoms with E-state index in [1.54, 1.807) is 0 Å². The summed E-state index contributed by atoms with van der Waals surface area (Å²) in [6.07, 6.45) is 0. The van der Waals surface area contributed by atoms with Crippen LogP contribution in [-0.4, -0.2) is 14.1 Å². The molecule has 0 bridgehead atoms. The Kier molecular flexibility index (Phi) is 5.50. The van der Waals surface area contributed by atoms with Gasteiger partial charge in [0.2, 0.25) is 0 Å². The molecule has 0 spiro atoms. The summed E-state index contributed by atoms with van der Waals surface area (Å²) >= 11 is 0. The number of rotatable bonds is 4. The predicted octanol–water partition coefficient (Wildman–Crippen LogP) is 10.6. The molecule has 0 amide bonds. The molecule has 0 aliphatic rings. The standard InChI is InChI=1S/C41H27N3/c1-3-13-28(14-4-1)30-17-11-18-31(25-30)43-37-22-9-7-19-32(37)34-26-35-33-20-8-10-23-38(33)44(40(35)27-39(34)43)41-24-12-21-36(42-41)29-15-5-2-6-16-29/h1-27H. The van der Waals surface area contributed by atoms with Crippen molar-refractivity contribution in [2.45, 2.75) is 0 Å². The minimum Gasteiger partial charge on any atom is -0.309 e. The highest BCUT2D eigenvalue weighted by atomic mass is 15.1. The van der Waals surface area contributed by atoms with Crippen LogP contribution in [0.2, 0.25) is 0 Å². The van der Waals surface area contributed by atoms with Crippen molar-refractivity contribution in [3.63, 3.8) is 0 Å². The van der Waals surface area contributed by atoms with Gasteiger partial charge in [-0.15, -0.1) is 0 Å². The first-order valence-corrected chi connectivity index (χ1v) is 15.0. The molecule has 206 valence electrons. The Morgan fingerprint density at radius 1 is 0.341 bits per heavy atom. The van der Waals surface area contributed by atoms with E-state index in [2.05, 4.69) is 167 Å². The molecule has 3 heteroatoms. The van der Waals surface area contributed by atoms with Crippen LogP contribution in [0.15, 0.2) is 164 Å². The van der Waals surface area contributed by atoms with E-state index in [9.17, 15) is 0 Å². The average molecular weight is 562 g/mol. The lowest BCUT2D eigenvalue weighted by atomic mass is 10.1. The van der Waals surface area contributed by atoms with E-state index in [1.165, 1.54) is 43.7 Å². The Hall–Kier alpha value is -5.93. The lowest BCUT2D eigenvalue weighted by molar-refractivity contribution is 1.08. The van der Waals surface area contributed by atoms with Gasteiger partial charge in [0.05, 0.1) is 27.8 Å². The fourth-order valence-electron chi connectivity index (χ4n) is 6.73. The largest absolute Gasteiger partial charge is 0.309 e. The number of benzene rings is 6. The van der Waals surface area contributed by atoms with Gasteiger partial charge in [0.25, 0.3) is 0 Å². The molecule has 0 radical (unpaired) electrons. The molecule has 3 nitrogen and oxygen atoms in total. The van der Waals surface area contributed by atoms with Crippen LogP contribution >= 0.6 is 0 Å². The van der Waals surface area contributed by atoms with Gasteiger partial charge in [0.15, 0.2) is 0 Å². The first-order chi connectivity index (χ1) is 21.8. The van der Waals surface area contributed by atoms with Crippen molar-refractivity contribution in [2.24, 2.45) is 0 Å². The van der Waals surface area contributed by atoms with Crippen molar-refractivity contribution in [3.05, 3.63) is 164 Å². The Morgan fingerprint density at radius 3 is 1.64 bits per heavy atom. The van der Waals surface area contributed by atoms with Crippen LogP contribution in [0.3, 0.4) is 0 Å². The number of nitrogens with zero attached hydrogens (tertiary/aromatic N) is 3. The van der Waals surface area contributed by atoms with Crippen molar-refractivity contribution in [2.75, 3.05) is 0 Å². The van der Waals surface area contributed by atoms with Crippen molar-refractivity contribution in [1.82, 2.24) is 14.1 Å². The fraction of sp³-hybridized carbons (Fsp3) is 0. The Labute approximate surface area is 254 Å². The molecule has 0 aliphatic carbocycles. The first kappa shape index (κ1) is 24.6. The lowest BCUT2D eigenvalue weighted by Crippen LogP contribution is -1.99. The highest BCUT2D eigenvalue weighted by Crippen LogP contribution is 2.40. The highest BCUT2D eigenvalue weighted by Gasteiger charge is 2.19. The Balaban J connectivity index is 1.35. The number of aromatic nitrogens is 3. The molecule has 0 saturated heterocycles. The van der Waals surface area contributed by atoms with E-state index < -0.39 is 0 Å². The molecule has 0 N–H and O–H groups in total. The number of fused-ring (bicyclic) bond motifs is 6. The highest BCUT2D eigenvalue weighted by molar-refractivity contribution is 6.19. The minimum atomic E-state index is 0.908. The van der Waals surface area contributed by atoms with E-state index >= 15 is 0 Å². The minimum absolute atomic E-state index is 0.908. The number of para-hydroxylation sites is 2. The topological polar surface area (TPSA) is 22.8 Å². The molecule has 0 saturated carbocycles. The maximum Gasteiger partial charge on any atom is 0.138 e. The van der Waals surface area contributed by atoms with Crippen LogP contribution < -0.4 is 0 Å². The second-order valence-corrected chi connectivity index (χ2v) is 11.3. The predicted molar refractivity (Wildman–Crippen MR) is 184 cm³/mol. The van der Waals surface area contributed by atoms with E-state index in [0.717, 1.165) is 33.8 Å². The molecule has 0 unspecified atom stereocenters. The van der Waals surface area contributed by atoms with Gasteiger partial charge in [-0.2, -0.15) is 0 Å². The average Bonchev–Trinajstić information content (AvgIpc) is 3.60. The smallest absolute Gasteiger partial charge is 0.138 e. The van der Waals surface area contributed by atoms with Gasteiger partial charge in [-0.05, 0) is 59.7 Å². The third kappa shape index (κ3) is 3.80. The van der Waals surface area contributed by atoms with Crippen molar-refractivity contribution in [1.29, 1.82) is 0 Å². The van der Waals surface area contributed by atoms with Gasteiger partial charge in [-0.25, -0.2) is 4.98 Å².